The average Bonchev–Trinajstić information content (AvgIpc) is 2.67. The van der Waals surface area contributed by atoms with Crippen LogP contribution in [0.25, 0.3) is 11.0 Å². The van der Waals surface area contributed by atoms with E-state index in [0.29, 0.717) is 5.92 Å². The molecule has 1 aromatic carbocycles. The molecular weight excluding hydrogens is 234 g/mol. The molecule has 0 aliphatic rings. The van der Waals surface area contributed by atoms with Crippen molar-refractivity contribution in [2.45, 2.75) is 39.5 Å². The number of hydrogen-bond acceptors (Lipinski definition) is 2. The van der Waals surface area contributed by atoms with Gasteiger partial charge in [-0.3, -0.25) is 0 Å². The van der Waals surface area contributed by atoms with Gasteiger partial charge in [-0.2, -0.15) is 5.26 Å². The molecule has 0 aliphatic heterocycles. The summed E-state index contributed by atoms with van der Waals surface area (Å²) in [5.74, 6) is 1.68. The molecule has 2 aromatic rings. The molecule has 0 saturated heterocycles. The number of nitrogens with zero attached hydrogens (tertiary/aromatic N) is 3. The second kappa shape index (κ2) is 5.44. The second-order valence-electron chi connectivity index (χ2n) is 5.52. The zero-order valence-electron chi connectivity index (χ0n) is 12.1. The van der Waals surface area contributed by atoms with Gasteiger partial charge in [0.2, 0.25) is 0 Å². The fraction of sp³-hybridized carbons (Fsp3) is 0.500. The van der Waals surface area contributed by atoms with Gasteiger partial charge in [-0.15, -0.1) is 0 Å². The van der Waals surface area contributed by atoms with Gasteiger partial charge in [-0.05, 0) is 30.0 Å². The molecule has 0 amide bonds. The lowest BCUT2D eigenvalue weighted by molar-refractivity contribution is 0.606. The Morgan fingerprint density at radius 3 is 2.68 bits per heavy atom. The highest BCUT2D eigenvalue weighted by Crippen LogP contribution is 2.24. The van der Waals surface area contributed by atoms with Crippen molar-refractivity contribution < 1.29 is 0 Å². The number of nitriles is 1. The molecule has 0 saturated carbocycles. The predicted molar refractivity (Wildman–Crippen MR) is 77.9 cm³/mol. The van der Waals surface area contributed by atoms with E-state index in [0.717, 1.165) is 35.3 Å². The van der Waals surface area contributed by atoms with E-state index in [1.165, 1.54) is 0 Å². The molecular formula is C16H21N3. The molecule has 1 atom stereocenters. The first kappa shape index (κ1) is 13.6. The standard InChI is InChI=1S/C16H21N3/c1-5-12(10-17)13-6-7-15-14(9-13)18-16(19(15)4)8-11(2)3/h6-7,9,11-12H,5,8H2,1-4H3. The van der Waals surface area contributed by atoms with Crippen molar-refractivity contribution in [3.05, 3.63) is 29.6 Å². The molecule has 0 aliphatic carbocycles. The Morgan fingerprint density at radius 1 is 1.37 bits per heavy atom. The highest BCUT2D eigenvalue weighted by Gasteiger charge is 2.13. The first-order valence-electron chi connectivity index (χ1n) is 6.91. The van der Waals surface area contributed by atoms with Gasteiger partial charge >= 0.3 is 0 Å². The fourth-order valence-electron chi connectivity index (χ4n) is 2.43. The summed E-state index contributed by atoms with van der Waals surface area (Å²) in [5.41, 5.74) is 3.23. The van der Waals surface area contributed by atoms with Crippen LogP contribution in [-0.4, -0.2) is 9.55 Å². The molecule has 0 N–H and O–H groups in total. The van der Waals surface area contributed by atoms with E-state index >= 15 is 0 Å². The van der Waals surface area contributed by atoms with E-state index in [4.69, 9.17) is 10.2 Å². The van der Waals surface area contributed by atoms with Crippen LogP contribution in [0.5, 0.6) is 0 Å². The van der Waals surface area contributed by atoms with Crippen LogP contribution in [-0.2, 0) is 13.5 Å². The van der Waals surface area contributed by atoms with E-state index in [9.17, 15) is 0 Å². The van der Waals surface area contributed by atoms with Crippen molar-refractivity contribution in [2.75, 3.05) is 0 Å². The van der Waals surface area contributed by atoms with Crippen molar-refractivity contribution >= 4 is 11.0 Å². The monoisotopic (exact) mass is 255 g/mol. The van der Waals surface area contributed by atoms with Gasteiger partial charge in [0.05, 0.1) is 23.0 Å². The third-order valence-corrected chi connectivity index (χ3v) is 3.55. The summed E-state index contributed by atoms with van der Waals surface area (Å²) in [4.78, 5) is 4.72. The summed E-state index contributed by atoms with van der Waals surface area (Å²) in [6.07, 6.45) is 1.82. The summed E-state index contributed by atoms with van der Waals surface area (Å²) in [5, 5.41) is 9.15. The number of aryl methyl sites for hydroxylation is 1. The number of imidazole rings is 1. The Labute approximate surface area is 114 Å². The van der Waals surface area contributed by atoms with Crippen LogP contribution in [0.4, 0.5) is 0 Å². The molecule has 19 heavy (non-hydrogen) atoms. The third kappa shape index (κ3) is 2.63. The number of aromatic nitrogens is 2. The number of fused-ring (bicyclic) bond motifs is 1. The van der Waals surface area contributed by atoms with E-state index in [1.807, 2.05) is 6.92 Å². The number of hydrogen-bond donors (Lipinski definition) is 0. The summed E-state index contributed by atoms with van der Waals surface area (Å²) in [6.45, 7) is 6.45. The predicted octanol–water partition coefficient (Wildman–Crippen LogP) is 3.79. The Morgan fingerprint density at radius 2 is 2.11 bits per heavy atom. The zero-order valence-corrected chi connectivity index (χ0v) is 12.1. The van der Waals surface area contributed by atoms with Crippen LogP contribution in [0.3, 0.4) is 0 Å². The summed E-state index contributed by atoms with van der Waals surface area (Å²) in [7, 11) is 2.06. The first-order chi connectivity index (χ1) is 9.06. The topological polar surface area (TPSA) is 41.6 Å². The summed E-state index contributed by atoms with van der Waals surface area (Å²) < 4.78 is 2.16. The second-order valence-corrected chi connectivity index (χ2v) is 5.52. The van der Waals surface area contributed by atoms with Crippen molar-refractivity contribution in [1.29, 1.82) is 5.26 Å². The molecule has 0 radical (unpaired) electrons. The zero-order chi connectivity index (χ0) is 14.0. The van der Waals surface area contributed by atoms with Crippen LogP contribution < -0.4 is 0 Å². The van der Waals surface area contributed by atoms with Gasteiger partial charge in [-0.1, -0.05) is 26.8 Å². The number of rotatable bonds is 4. The molecule has 1 heterocycles. The van der Waals surface area contributed by atoms with E-state index in [2.05, 4.69) is 49.7 Å². The van der Waals surface area contributed by atoms with E-state index < -0.39 is 0 Å². The van der Waals surface area contributed by atoms with Gasteiger partial charge in [0.25, 0.3) is 0 Å². The smallest absolute Gasteiger partial charge is 0.109 e. The molecule has 0 spiro atoms. The molecule has 3 nitrogen and oxygen atoms in total. The largest absolute Gasteiger partial charge is 0.331 e. The van der Waals surface area contributed by atoms with Crippen molar-refractivity contribution in [3.8, 4) is 6.07 Å². The SMILES string of the molecule is CCC(C#N)c1ccc2c(c1)nc(CC(C)C)n2C. The summed E-state index contributed by atoms with van der Waals surface area (Å²) in [6, 6.07) is 8.56. The minimum atomic E-state index is -0.0278. The highest BCUT2D eigenvalue weighted by atomic mass is 15.1. The maximum absolute atomic E-state index is 9.15. The van der Waals surface area contributed by atoms with E-state index in [1.54, 1.807) is 0 Å². The van der Waals surface area contributed by atoms with Gasteiger partial charge in [0.15, 0.2) is 0 Å². The van der Waals surface area contributed by atoms with Crippen LogP contribution >= 0.6 is 0 Å². The quantitative estimate of drug-likeness (QED) is 0.834. The van der Waals surface area contributed by atoms with E-state index in [-0.39, 0.29) is 5.92 Å². The molecule has 0 bridgehead atoms. The Kier molecular flexibility index (Phi) is 3.90. The van der Waals surface area contributed by atoms with Gasteiger partial charge in [0, 0.05) is 13.5 Å². The van der Waals surface area contributed by atoms with Gasteiger partial charge in [0.1, 0.15) is 5.82 Å². The highest BCUT2D eigenvalue weighted by molar-refractivity contribution is 5.77. The lowest BCUT2D eigenvalue weighted by atomic mass is 9.98. The average molecular weight is 255 g/mol. The van der Waals surface area contributed by atoms with Crippen LogP contribution in [0, 0.1) is 17.2 Å². The Bertz CT molecular complexity index is 617. The third-order valence-electron chi connectivity index (χ3n) is 3.55. The number of benzene rings is 1. The minimum Gasteiger partial charge on any atom is -0.331 e. The maximum Gasteiger partial charge on any atom is 0.109 e. The lowest BCUT2D eigenvalue weighted by Gasteiger charge is -2.06. The van der Waals surface area contributed by atoms with Crippen molar-refractivity contribution in [3.63, 3.8) is 0 Å². The normalized spacial score (nSPS) is 12.8. The lowest BCUT2D eigenvalue weighted by Crippen LogP contribution is -2.02. The molecule has 0 fully saturated rings. The Balaban J connectivity index is 2.47. The molecule has 1 unspecified atom stereocenters. The van der Waals surface area contributed by atoms with Crippen LogP contribution in [0.2, 0.25) is 0 Å². The molecule has 3 heteroatoms. The Hall–Kier alpha value is -1.82. The first-order valence-corrected chi connectivity index (χ1v) is 6.91. The van der Waals surface area contributed by atoms with Crippen LogP contribution in [0.15, 0.2) is 18.2 Å². The van der Waals surface area contributed by atoms with Gasteiger partial charge < -0.3 is 4.57 Å². The molecule has 100 valence electrons. The van der Waals surface area contributed by atoms with Crippen molar-refractivity contribution in [1.82, 2.24) is 9.55 Å². The van der Waals surface area contributed by atoms with Crippen molar-refractivity contribution in [2.24, 2.45) is 13.0 Å². The maximum atomic E-state index is 9.15. The fourth-order valence-corrected chi connectivity index (χ4v) is 2.43. The molecule has 1 aromatic heterocycles. The summed E-state index contributed by atoms with van der Waals surface area (Å²) >= 11 is 0. The van der Waals surface area contributed by atoms with Crippen LogP contribution in [0.1, 0.15) is 44.5 Å². The minimum absolute atomic E-state index is 0.0278. The molecule has 2 rings (SSSR count). The van der Waals surface area contributed by atoms with Gasteiger partial charge in [-0.25, -0.2) is 4.98 Å².